The number of hydrogen-bond donors (Lipinski definition) is 1. The van der Waals surface area contributed by atoms with E-state index in [0.29, 0.717) is 11.3 Å². The summed E-state index contributed by atoms with van der Waals surface area (Å²) < 4.78 is 10.1. The predicted octanol–water partition coefficient (Wildman–Crippen LogP) is 2.58. The molecule has 17 heavy (non-hydrogen) atoms. The molecule has 0 spiro atoms. The van der Waals surface area contributed by atoms with Crippen LogP contribution < -0.4 is 4.74 Å². The van der Waals surface area contributed by atoms with Gasteiger partial charge in [0, 0.05) is 5.57 Å². The van der Waals surface area contributed by atoms with Crippen LogP contribution in [-0.4, -0.2) is 18.2 Å². The molecule has 0 fully saturated rings. The minimum absolute atomic E-state index is 0.0506. The minimum Gasteiger partial charge on any atom is -0.504 e. The maximum atomic E-state index is 11.3. The van der Waals surface area contributed by atoms with Crippen LogP contribution in [0.2, 0.25) is 0 Å². The molecule has 92 valence electrons. The topological polar surface area (TPSA) is 55.8 Å². The maximum Gasteiger partial charge on any atom is 0.333 e. The van der Waals surface area contributed by atoms with Crippen LogP contribution in [0.5, 0.6) is 11.5 Å². The number of esters is 1. The molecule has 1 N–H and O–H groups in total. The zero-order valence-corrected chi connectivity index (χ0v) is 10.2. The van der Waals surface area contributed by atoms with Gasteiger partial charge in [0.2, 0.25) is 0 Å². The first-order valence-corrected chi connectivity index (χ1v) is 5.19. The number of methoxy groups -OCH3 is 1. The Kier molecular flexibility index (Phi) is 4.15. The fraction of sp³-hybridized carbons (Fsp3) is 0.308. The van der Waals surface area contributed by atoms with Crippen molar-refractivity contribution in [3.05, 3.63) is 35.9 Å². The molecule has 4 nitrogen and oxygen atoms in total. The van der Waals surface area contributed by atoms with Crippen LogP contribution in [-0.2, 0) is 9.53 Å². The van der Waals surface area contributed by atoms with Crippen molar-refractivity contribution >= 4 is 5.97 Å². The van der Waals surface area contributed by atoms with Crippen molar-refractivity contribution in [1.29, 1.82) is 0 Å². The first kappa shape index (κ1) is 13.1. The molecular formula is C13H16O4. The lowest BCUT2D eigenvalue weighted by molar-refractivity contribution is -0.143. The molecule has 1 aromatic carbocycles. The Bertz CT molecular complexity index is 437. The van der Waals surface area contributed by atoms with Crippen LogP contribution in [0.3, 0.4) is 0 Å². The predicted molar refractivity (Wildman–Crippen MR) is 64.0 cm³/mol. The van der Waals surface area contributed by atoms with Crippen molar-refractivity contribution in [1.82, 2.24) is 0 Å². The first-order valence-electron chi connectivity index (χ1n) is 5.19. The van der Waals surface area contributed by atoms with E-state index < -0.39 is 12.1 Å². The minimum atomic E-state index is -0.440. The Morgan fingerprint density at radius 3 is 2.65 bits per heavy atom. The van der Waals surface area contributed by atoms with E-state index in [2.05, 4.69) is 6.58 Å². The van der Waals surface area contributed by atoms with Crippen LogP contribution in [0.1, 0.15) is 25.5 Å². The number of carbonyl (C=O) groups is 1. The smallest absolute Gasteiger partial charge is 0.333 e. The summed E-state index contributed by atoms with van der Waals surface area (Å²) in [5.74, 6) is -0.0417. The van der Waals surface area contributed by atoms with Gasteiger partial charge in [0.05, 0.1) is 7.11 Å². The van der Waals surface area contributed by atoms with Gasteiger partial charge in [-0.05, 0) is 31.5 Å². The number of benzene rings is 1. The first-order chi connectivity index (χ1) is 7.95. The van der Waals surface area contributed by atoms with Crippen molar-refractivity contribution in [3.63, 3.8) is 0 Å². The fourth-order valence-corrected chi connectivity index (χ4v) is 1.28. The highest BCUT2D eigenvalue weighted by Gasteiger charge is 2.14. The molecule has 0 saturated heterocycles. The quantitative estimate of drug-likeness (QED) is 0.644. The van der Waals surface area contributed by atoms with Crippen molar-refractivity contribution < 1.29 is 19.4 Å². The molecule has 0 aromatic heterocycles. The van der Waals surface area contributed by atoms with Crippen LogP contribution in [0.25, 0.3) is 0 Å². The third-order valence-corrected chi connectivity index (χ3v) is 2.31. The third-order valence-electron chi connectivity index (χ3n) is 2.31. The molecule has 0 heterocycles. The van der Waals surface area contributed by atoms with Crippen molar-refractivity contribution in [2.24, 2.45) is 0 Å². The van der Waals surface area contributed by atoms with Gasteiger partial charge in [-0.2, -0.15) is 0 Å². The average Bonchev–Trinajstić information content (AvgIpc) is 2.29. The molecule has 0 aliphatic heterocycles. The highest BCUT2D eigenvalue weighted by atomic mass is 16.5. The molecule has 1 aromatic rings. The third kappa shape index (κ3) is 3.24. The van der Waals surface area contributed by atoms with Crippen LogP contribution >= 0.6 is 0 Å². The summed E-state index contributed by atoms with van der Waals surface area (Å²) in [6, 6.07) is 4.80. The van der Waals surface area contributed by atoms with Gasteiger partial charge in [-0.15, -0.1) is 0 Å². The van der Waals surface area contributed by atoms with E-state index >= 15 is 0 Å². The number of phenolic OH excluding ortho intramolecular Hbond substituents is 1. The monoisotopic (exact) mass is 236 g/mol. The molecule has 0 aliphatic rings. The Morgan fingerprint density at radius 1 is 1.47 bits per heavy atom. The van der Waals surface area contributed by atoms with Crippen molar-refractivity contribution in [3.8, 4) is 11.5 Å². The molecule has 1 unspecified atom stereocenters. The molecule has 1 rings (SSSR count). The number of aromatic hydroxyl groups is 1. The number of carbonyl (C=O) groups excluding carboxylic acids is 1. The summed E-state index contributed by atoms with van der Waals surface area (Å²) in [5, 5.41) is 9.44. The molecule has 0 saturated carbocycles. The van der Waals surface area contributed by atoms with E-state index in [1.165, 1.54) is 13.2 Å². The number of hydrogen-bond acceptors (Lipinski definition) is 4. The van der Waals surface area contributed by atoms with Crippen molar-refractivity contribution in [2.75, 3.05) is 7.11 Å². The summed E-state index contributed by atoms with van der Waals surface area (Å²) in [6.07, 6.45) is -0.423. The zero-order chi connectivity index (χ0) is 13.0. The van der Waals surface area contributed by atoms with Gasteiger partial charge in [0.15, 0.2) is 11.5 Å². The van der Waals surface area contributed by atoms with E-state index in [9.17, 15) is 9.90 Å². The lowest BCUT2D eigenvalue weighted by Crippen LogP contribution is -2.09. The second-order valence-electron chi connectivity index (χ2n) is 3.76. The Labute approximate surface area is 100 Å². The number of phenols is 1. The number of rotatable bonds is 4. The van der Waals surface area contributed by atoms with E-state index in [-0.39, 0.29) is 5.75 Å². The van der Waals surface area contributed by atoms with E-state index in [1.807, 2.05) is 0 Å². The van der Waals surface area contributed by atoms with Gasteiger partial charge in [-0.1, -0.05) is 12.6 Å². The molecule has 4 heteroatoms. The molecule has 0 bridgehead atoms. The second kappa shape index (κ2) is 5.39. The van der Waals surface area contributed by atoms with Crippen LogP contribution in [0, 0.1) is 0 Å². The molecule has 1 atom stereocenters. The summed E-state index contributed by atoms with van der Waals surface area (Å²) in [6.45, 7) is 6.84. The fourth-order valence-electron chi connectivity index (χ4n) is 1.28. The highest BCUT2D eigenvalue weighted by molar-refractivity contribution is 5.87. The molecular weight excluding hydrogens is 220 g/mol. The lowest BCUT2D eigenvalue weighted by Gasteiger charge is -2.14. The number of ether oxygens (including phenoxy) is 2. The van der Waals surface area contributed by atoms with E-state index in [4.69, 9.17) is 9.47 Å². The lowest BCUT2D eigenvalue weighted by atomic mass is 10.1. The largest absolute Gasteiger partial charge is 0.504 e. The molecule has 0 aliphatic carbocycles. The average molecular weight is 236 g/mol. The van der Waals surface area contributed by atoms with Crippen molar-refractivity contribution in [2.45, 2.75) is 20.0 Å². The molecule has 0 radical (unpaired) electrons. The van der Waals surface area contributed by atoms with Gasteiger partial charge >= 0.3 is 5.97 Å². The van der Waals surface area contributed by atoms with E-state index in [0.717, 1.165) is 5.56 Å². The van der Waals surface area contributed by atoms with Crippen LogP contribution in [0.4, 0.5) is 0 Å². The van der Waals surface area contributed by atoms with Gasteiger partial charge in [-0.3, -0.25) is 0 Å². The second-order valence-corrected chi connectivity index (χ2v) is 3.76. The summed E-state index contributed by atoms with van der Waals surface area (Å²) in [5.41, 5.74) is 1.09. The summed E-state index contributed by atoms with van der Waals surface area (Å²) in [4.78, 5) is 11.3. The Morgan fingerprint density at radius 2 is 2.12 bits per heavy atom. The molecule has 0 amide bonds. The Hall–Kier alpha value is -1.97. The highest BCUT2D eigenvalue weighted by Crippen LogP contribution is 2.30. The standard InChI is InChI=1S/C13H16O4/c1-8(2)13(15)17-9(3)10-5-6-11(14)12(7-10)16-4/h5-7,9,14H,1H2,2-4H3. The Balaban J connectivity index is 2.85. The van der Waals surface area contributed by atoms with Crippen LogP contribution in [0.15, 0.2) is 30.4 Å². The normalized spacial score (nSPS) is 11.7. The summed E-state index contributed by atoms with van der Waals surface area (Å²) in [7, 11) is 1.46. The maximum absolute atomic E-state index is 11.3. The van der Waals surface area contributed by atoms with Gasteiger partial charge in [-0.25, -0.2) is 4.79 Å². The van der Waals surface area contributed by atoms with Gasteiger partial charge < -0.3 is 14.6 Å². The van der Waals surface area contributed by atoms with Gasteiger partial charge in [0.1, 0.15) is 6.10 Å². The van der Waals surface area contributed by atoms with Gasteiger partial charge in [0.25, 0.3) is 0 Å². The SMILES string of the molecule is C=C(C)C(=O)OC(C)c1ccc(O)c(OC)c1. The van der Waals surface area contributed by atoms with E-state index in [1.54, 1.807) is 26.0 Å². The zero-order valence-electron chi connectivity index (χ0n) is 10.2. The summed E-state index contributed by atoms with van der Waals surface area (Å²) >= 11 is 0.